The number of hydrogen-bond donors (Lipinski definition) is 1. The maximum Gasteiger partial charge on any atom is 0.123 e. The molecule has 0 amide bonds. The lowest BCUT2D eigenvalue weighted by Crippen LogP contribution is -2.37. The molecular formula is C14H21FN2O. The molecule has 4 heteroatoms. The van der Waals surface area contributed by atoms with Gasteiger partial charge in [0.1, 0.15) is 11.6 Å². The molecule has 1 aliphatic heterocycles. The van der Waals surface area contributed by atoms with Crippen molar-refractivity contribution in [3.63, 3.8) is 0 Å². The van der Waals surface area contributed by atoms with Crippen molar-refractivity contribution in [2.45, 2.75) is 25.4 Å². The second kappa shape index (κ2) is 5.67. The summed E-state index contributed by atoms with van der Waals surface area (Å²) in [6.07, 6.45) is 2.35. The van der Waals surface area contributed by atoms with Crippen molar-refractivity contribution in [3.8, 4) is 5.75 Å². The van der Waals surface area contributed by atoms with Crippen molar-refractivity contribution in [3.05, 3.63) is 29.6 Å². The third-order valence-electron chi connectivity index (χ3n) is 3.49. The van der Waals surface area contributed by atoms with Gasteiger partial charge in [-0.2, -0.15) is 0 Å². The minimum Gasteiger partial charge on any atom is -0.508 e. The first-order valence-corrected chi connectivity index (χ1v) is 6.42. The lowest BCUT2D eigenvalue weighted by molar-refractivity contribution is 0.199. The van der Waals surface area contributed by atoms with E-state index in [1.807, 2.05) is 0 Å². The van der Waals surface area contributed by atoms with Crippen molar-refractivity contribution in [1.82, 2.24) is 9.80 Å². The molecule has 100 valence electrons. The van der Waals surface area contributed by atoms with Crippen LogP contribution < -0.4 is 0 Å². The van der Waals surface area contributed by atoms with Gasteiger partial charge in [0, 0.05) is 24.7 Å². The molecule has 1 heterocycles. The monoisotopic (exact) mass is 252 g/mol. The number of phenols is 1. The van der Waals surface area contributed by atoms with Crippen molar-refractivity contribution in [2.24, 2.45) is 0 Å². The third-order valence-corrected chi connectivity index (χ3v) is 3.49. The van der Waals surface area contributed by atoms with Gasteiger partial charge in [0.05, 0.1) is 0 Å². The van der Waals surface area contributed by atoms with E-state index >= 15 is 0 Å². The fourth-order valence-corrected chi connectivity index (χ4v) is 2.63. The SMILES string of the molecule is CN(C)CC1CCCN1Cc1cc(F)ccc1O. The summed E-state index contributed by atoms with van der Waals surface area (Å²) in [7, 11) is 4.13. The average molecular weight is 252 g/mol. The molecular weight excluding hydrogens is 231 g/mol. The molecule has 1 unspecified atom stereocenters. The van der Waals surface area contributed by atoms with Gasteiger partial charge < -0.3 is 10.0 Å². The van der Waals surface area contributed by atoms with E-state index in [9.17, 15) is 9.50 Å². The van der Waals surface area contributed by atoms with E-state index in [1.165, 1.54) is 31.0 Å². The highest BCUT2D eigenvalue weighted by Gasteiger charge is 2.25. The van der Waals surface area contributed by atoms with Gasteiger partial charge in [-0.3, -0.25) is 4.90 Å². The largest absolute Gasteiger partial charge is 0.508 e. The second-order valence-corrected chi connectivity index (χ2v) is 5.30. The highest BCUT2D eigenvalue weighted by Crippen LogP contribution is 2.25. The highest BCUT2D eigenvalue weighted by atomic mass is 19.1. The standard InChI is InChI=1S/C14H21FN2O/c1-16(2)10-13-4-3-7-17(13)9-11-8-12(15)5-6-14(11)18/h5-6,8,13,18H,3-4,7,9-10H2,1-2H3. The van der Waals surface area contributed by atoms with Crippen LogP contribution in [0.15, 0.2) is 18.2 Å². The maximum absolute atomic E-state index is 13.2. The average Bonchev–Trinajstić information content (AvgIpc) is 2.70. The van der Waals surface area contributed by atoms with E-state index in [0.717, 1.165) is 13.1 Å². The Morgan fingerprint density at radius 3 is 2.94 bits per heavy atom. The predicted molar refractivity (Wildman–Crippen MR) is 70.1 cm³/mol. The van der Waals surface area contributed by atoms with Gasteiger partial charge in [-0.15, -0.1) is 0 Å². The number of likely N-dealkylation sites (N-methyl/N-ethyl adjacent to an activating group) is 1. The van der Waals surface area contributed by atoms with E-state index in [4.69, 9.17) is 0 Å². The first-order valence-electron chi connectivity index (χ1n) is 6.42. The van der Waals surface area contributed by atoms with Gasteiger partial charge in [-0.05, 0) is 51.7 Å². The van der Waals surface area contributed by atoms with Crippen molar-refractivity contribution in [2.75, 3.05) is 27.2 Å². The van der Waals surface area contributed by atoms with Crippen LogP contribution in [0.2, 0.25) is 0 Å². The van der Waals surface area contributed by atoms with E-state index < -0.39 is 0 Å². The summed E-state index contributed by atoms with van der Waals surface area (Å²) >= 11 is 0. The quantitative estimate of drug-likeness (QED) is 0.888. The van der Waals surface area contributed by atoms with Gasteiger partial charge >= 0.3 is 0 Å². The second-order valence-electron chi connectivity index (χ2n) is 5.30. The molecule has 0 aromatic heterocycles. The summed E-state index contributed by atoms with van der Waals surface area (Å²) in [6.45, 7) is 2.66. The van der Waals surface area contributed by atoms with Crippen LogP contribution in [0.1, 0.15) is 18.4 Å². The van der Waals surface area contributed by atoms with E-state index in [-0.39, 0.29) is 11.6 Å². The van der Waals surface area contributed by atoms with Crippen LogP contribution in [0.4, 0.5) is 4.39 Å². The lowest BCUT2D eigenvalue weighted by atomic mass is 10.1. The van der Waals surface area contributed by atoms with E-state index in [0.29, 0.717) is 18.2 Å². The Bertz CT molecular complexity index is 409. The normalized spacial score (nSPS) is 20.8. The van der Waals surface area contributed by atoms with Crippen LogP contribution in [-0.4, -0.2) is 48.1 Å². The molecule has 0 aliphatic carbocycles. The van der Waals surface area contributed by atoms with Crippen molar-refractivity contribution >= 4 is 0 Å². The van der Waals surface area contributed by atoms with Crippen LogP contribution in [0, 0.1) is 5.82 Å². The van der Waals surface area contributed by atoms with Gasteiger partial charge in [0.15, 0.2) is 0 Å². The van der Waals surface area contributed by atoms with Gasteiger partial charge in [0.25, 0.3) is 0 Å². The molecule has 0 spiro atoms. The molecule has 0 saturated carbocycles. The maximum atomic E-state index is 13.2. The van der Waals surface area contributed by atoms with Crippen molar-refractivity contribution in [1.29, 1.82) is 0 Å². The fourth-order valence-electron chi connectivity index (χ4n) is 2.63. The predicted octanol–water partition coefficient (Wildman–Crippen LogP) is 2.06. The number of aromatic hydroxyl groups is 1. The van der Waals surface area contributed by atoms with Gasteiger partial charge in [-0.25, -0.2) is 4.39 Å². The molecule has 1 fully saturated rings. The summed E-state index contributed by atoms with van der Waals surface area (Å²) in [4.78, 5) is 4.50. The molecule has 1 atom stereocenters. The number of benzene rings is 1. The smallest absolute Gasteiger partial charge is 0.123 e. The van der Waals surface area contributed by atoms with E-state index in [2.05, 4.69) is 23.9 Å². The molecule has 0 bridgehead atoms. The summed E-state index contributed by atoms with van der Waals surface area (Å²) < 4.78 is 13.2. The van der Waals surface area contributed by atoms with Gasteiger partial charge in [-0.1, -0.05) is 0 Å². The Balaban J connectivity index is 2.05. The first-order chi connectivity index (χ1) is 8.56. The third kappa shape index (κ3) is 3.21. The molecule has 3 nitrogen and oxygen atoms in total. The Morgan fingerprint density at radius 1 is 1.44 bits per heavy atom. The Morgan fingerprint density at radius 2 is 2.22 bits per heavy atom. The molecule has 1 N–H and O–H groups in total. The number of rotatable bonds is 4. The molecule has 1 aromatic carbocycles. The minimum absolute atomic E-state index is 0.187. The summed E-state index contributed by atoms with van der Waals surface area (Å²) in [5.41, 5.74) is 0.681. The minimum atomic E-state index is -0.286. The summed E-state index contributed by atoms with van der Waals surface area (Å²) in [6, 6.07) is 4.66. The topological polar surface area (TPSA) is 26.7 Å². The number of likely N-dealkylation sites (tertiary alicyclic amines) is 1. The Hall–Kier alpha value is -1.13. The molecule has 0 radical (unpaired) electrons. The molecule has 1 aromatic rings. The zero-order valence-electron chi connectivity index (χ0n) is 11.1. The Labute approximate surface area is 108 Å². The van der Waals surface area contributed by atoms with Crippen LogP contribution in [0.5, 0.6) is 5.75 Å². The summed E-state index contributed by atoms with van der Waals surface area (Å²) in [5, 5.41) is 9.76. The fraction of sp³-hybridized carbons (Fsp3) is 0.571. The molecule has 2 rings (SSSR count). The number of phenolic OH excluding ortho intramolecular Hbond substituents is 1. The molecule has 1 aliphatic rings. The highest BCUT2D eigenvalue weighted by molar-refractivity contribution is 5.32. The lowest BCUT2D eigenvalue weighted by Gasteiger charge is -2.27. The van der Waals surface area contributed by atoms with Crippen LogP contribution in [-0.2, 0) is 6.54 Å². The van der Waals surface area contributed by atoms with Crippen molar-refractivity contribution < 1.29 is 9.50 Å². The zero-order valence-corrected chi connectivity index (χ0v) is 11.1. The molecule has 18 heavy (non-hydrogen) atoms. The van der Waals surface area contributed by atoms with E-state index in [1.54, 1.807) is 0 Å². The zero-order chi connectivity index (χ0) is 13.1. The number of halogens is 1. The number of hydrogen-bond acceptors (Lipinski definition) is 3. The molecule has 1 saturated heterocycles. The number of nitrogens with zero attached hydrogens (tertiary/aromatic N) is 2. The van der Waals surface area contributed by atoms with Crippen LogP contribution in [0.25, 0.3) is 0 Å². The van der Waals surface area contributed by atoms with Crippen LogP contribution >= 0.6 is 0 Å². The van der Waals surface area contributed by atoms with Crippen LogP contribution in [0.3, 0.4) is 0 Å². The first kappa shape index (κ1) is 13.3. The Kier molecular flexibility index (Phi) is 4.19. The van der Waals surface area contributed by atoms with Gasteiger partial charge in [0.2, 0.25) is 0 Å². The summed E-state index contributed by atoms with van der Waals surface area (Å²) in [5.74, 6) is -0.0990.